The zero-order valence-electron chi connectivity index (χ0n) is 10.1. The van der Waals surface area contributed by atoms with E-state index in [1.165, 1.54) is 11.8 Å². The number of anilines is 2. The summed E-state index contributed by atoms with van der Waals surface area (Å²) >= 11 is 5.91. The van der Waals surface area contributed by atoms with Crippen molar-refractivity contribution in [1.82, 2.24) is 4.98 Å². The molecular formula is C14H12ClN3O. The van der Waals surface area contributed by atoms with Crippen LogP contribution in [0.2, 0.25) is 5.02 Å². The SMILES string of the molecule is Nc1ncc(C(=O)N2CCc3ccccc32)cc1Cl. The first-order valence-electron chi connectivity index (χ1n) is 5.97. The van der Waals surface area contributed by atoms with Crippen LogP contribution in [-0.4, -0.2) is 17.4 Å². The average Bonchev–Trinajstić information content (AvgIpc) is 2.85. The van der Waals surface area contributed by atoms with E-state index >= 15 is 0 Å². The van der Waals surface area contributed by atoms with Crippen molar-refractivity contribution in [1.29, 1.82) is 0 Å². The highest BCUT2D eigenvalue weighted by Gasteiger charge is 2.25. The Kier molecular flexibility index (Phi) is 2.87. The van der Waals surface area contributed by atoms with E-state index in [1.54, 1.807) is 11.0 Å². The monoisotopic (exact) mass is 273 g/mol. The van der Waals surface area contributed by atoms with Gasteiger partial charge in [0.25, 0.3) is 5.91 Å². The maximum atomic E-state index is 12.5. The van der Waals surface area contributed by atoms with E-state index in [0.29, 0.717) is 17.1 Å². The third kappa shape index (κ3) is 2.04. The summed E-state index contributed by atoms with van der Waals surface area (Å²) < 4.78 is 0. The Balaban J connectivity index is 1.95. The molecule has 5 heteroatoms. The molecule has 0 unspecified atom stereocenters. The Morgan fingerprint density at radius 3 is 2.95 bits per heavy atom. The zero-order valence-corrected chi connectivity index (χ0v) is 10.9. The molecule has 2 N–H and O–H groups in total. The number of nitrogens with zero attached hydrogens (tertiary/aromatic N) is 2. The molecule has 0 aliphatic carbocycles. The number of nitrogens with two attached hydrogens (primary N) is 1. The normalized spacial score (nSPS) is 13.4. The highest BCUT2D eigenvalue weighted by atomic mass is 35.5. The fraction of sp³-hybridized carbons (Fsp3) is 0.143. The maximum absolute atomic E-state index is 12.5. The van der Waals surface area contributed by atoms with Gasteiger partial charge >= 0.3 is 0 Å². The second-order valence-electron chi connectivity index (χ2n) is 4.43. The fourth-order valence-corrected chi connectivity index (χ4v) is 2.44. The molecular weight excluding hydrogens is 262 g/mol. The molecule has 1 aliphatic rings. The molecule has 1 aromatic heterocycles. The smallest absolute Gasteiger partial charge is 0.259 e. The van der Waals surface area contributed by atoms with Crippen LogP contribution in [-0.2, 0) is 6.42 Å². The second-order valence-corrected chi connectivity index (χ2v) is 4.83. The summed E-state index contributed by atoms with van der Waals surface area (Å²) in [4.78, 5) is 18.1. The number of benzene rings is 1. The quantitative estimate of drug-likeness (QED) is 0.868. The minimum Gasteiger partial charge on any atom is -0.382 e. The number of para-hydroxylation sites is 1. The Bertz CT molecular complexity index is 657. The predicted octanol–water partition coefficient (Wildman–Crippen LogP) is 2.52. The number of hydrogen-bond acceptors (Lipinski definition) is 3. The summed E-state index contributed by atoms with van der Waals surface area (Å²) in [5.74, 6) is 0.138. The van der Waals surface area contributed by atoms with E-state index in [9.17, 15) is 4.79 Å². The molecule has 0 bridgehead atoms. The van der Waals surface area contributed by atoms with E-state index in [2.05, 4.69) is 4.98 Å². The summed E-state index contributed by atoms with van der Waals surface area (Å²) in [6.07, 6.45) is 2.34. The molecule has 1 aliphatic heterocycles. The van der Waals surface area contributed by atoms with E-state index in [4.69, 9.17) is 17.3 Å². The van der Waals surface area contributed by atoms with Gasteiger partial charge in [-0.1, -0.05) is 29.8 Å². The van der Waals surface area contributed by atoms with E-state index < -0.39 is 0 Å². The van der Waals surface area contributed by atoms with Crippen LogP contribution in [0, 0.1) is 0 Å². The number of rotatable bonds is 1. The first-order chi connectivity index (χ1) is 9.16. The summed E-state index contributed by atoms with van der Waals surface area (Å²) in [6.45, 7) is 0.681. The van der Waals surface area contributed by atoms with Gasteiger partial charge in [-0.25, -0.2) is 4.98 Å². The van der Waals surface area contributed by atoms with Crippen LogP contribution in [0.1, 0.15) is 15.9 Å². The molecule has 0 spiro atoms. The fourth-order valence-electron chi connectivity index (χ4n) is 2.27. The van der Waals surface area contributed by atoms with E-state index in [1.807, 2.05) is 24.3 Å². The first kappa shape index (κ1) is 12.0. The summed E-state index contributed by atoms with van der Waals surface area (Å²) in [5, 5.41) is 0.304. The van der Waals surface area contributed by atoms with Crippen LogP contribution in [0.25, 0.3) is 0 Å². The highest BCUT2D eigenvalue weighted by Crippen LogP contribution is 2.29. The Morgan fingerprint density at radius 2 is 2.16 bits per heavy atom. The largest absolute Gasteiger partial charge is 0.382 e. The van der Waals surface area contributed by atoms with Gasteiger partial charge < -0.3 is 10.6 Å². The number of carbonyl (C=O) groups is 1. The van der Waals surface area contributed by atoms with Crippen molar-refractivity contribution in [3.05, 3.63) is 52.7 Å². The van der Waals surface area contributed by atoms with Gasteiger partial charge in [0, 0.05) is 18.4 Å². The van der Waals surface area contributed by atoms with Crippen molar-refractivity contribution in [2.24, 2.45) is 0 Å². The molecule has 1 aromatic carbocycles. The van der Waals surface area contributed by atoms with Crippen LogP contribution >= 0.6 is 11.6 Å². The van der Waals surface area contributed by atoms with Crippen molar-refractivity contribution in [3.8, 4) is 0 Å². The maximum Gasteiger partial charge on any atom is 0.259 e. The lowest BCUT2D eigenvalue weighted by Crippen LogP contribution is -2.29. The van der Waals surface area contributed by atoms with E-state index in [-0.39, 0.29) is 11.7 Å². The Morgan fingerprint density at radius 1 is 1.37 bits per heavy atom. The standard InChI is InChI=1S/C14H12ClN3O/c15-11-7-10(8-17-13(11)16)14(19)18-6-5-9-3-1-2-4-12(9)18/h1-4,7-8H,5-6H2,(H2,16,17). The molecule has 2 heterocycles. The minimum atomic E-state index is -0.0978. The lowest BCUT2D eigenvalue weighted by atomic mass is 10.2. The zero-order chi connectivity index (χ0) is 13.4. The number of hydrogen-bond donors (Lipinski definition) is 1. The number of amides is 1. The van der Waals surface area contributed by atoms with Crippen molar-refractivity contribution >= 4 is 29.0 Å². The number of pyridine rings is 1. The van der Waals surface area contributed by atoms with Gasteiger partial charge in [-0.3, -0.25) is 4.79 Å². The average molecular weight is 274 g/mol. The summed E-state index contributed by atoms with van der Waals surface area (Å²) in [7, 11) is 0. The Labute approximate surface area is 115 Å². The van der Waals surface area contributed by atoms with Gasteiger partial charge in [-0.05, 0) is 24.1 Å². The lowest BCUT2D eigenvalue weighted by Gasteiger charge is -2.17. The van der Waals surface area contributed by atoms with Crippen LogP contribution in [0.15, 0.2) is 36.5 Å². The minimum absolute atomic E-state index is 0.0978. The molecule has 96 valence electrons. The molecule has 4 nitrogen and oxygen atoms in total. The molecule has 3 rings (SSSR count). The molecule has 2 aromatic rings. The van der Waals surface area contributed by atoms with Crippen LogP contribution < -0.4 is 10.6 Å². The van der Waals surface area contributed by atoms with Gasteiger partial charge in [0.15, 0.2) is 0 Å². The molecule has 1 amide bonds. The molecule has 0 saturated heterocycles. The third-order valence-electron chi connectivity index (χ3n) is 3.25. The van der Waals surface area contributed by atoms with Crippen molar-refractivity contribution in [2.75, 3.05) is 17.2 Å². The first-order valence-corrected chi connectivity index (χ1v) is 6.35. The predicted molar refractivity (Wildman–Crippen MR) is 75.5 cm³/mol. The lowest BCUT2D eigenvalue weighted by molar-refractivity contribution is 0.0989. The third-order valence-corrected chi connectivity index (χ3v) is 3.55. The van der Waals surface area contributed by atoms with Gasteiger partial charge in [0.1, 0.15) is 5.82 Å². The van der Waals surface area contributed by atoms with E-state index in [0.717, 1.165) is 12.1 Å². The summed E-state index contributed by atoms with van der Waals surface area (Å²) in [6, 6.07) is 9.46. The van der Waals surface area contributed by atoms with Gasteiger partial charge in [0.05, 0.1) is 10.6 Å². The number of carbonyl (C=O) groups excluding carboxylic acids is 1. The van der Waals surface area contributed by atoms with Crippen molar-refractivity contribution in [2.45, 2.75) is 6.42 Å². The van der Waals surface area contributed by atoms with Crippen LogP contribution in [0.3, 0.4) is 0 Å². The number of nitrogen functional groups attached to an aromatic ring is 1. The van der Waals surface area contributed by atoms with Gasteiger partial charge in [-0.2, -0.15) is 0 Å². The molecule has 0 radical (unpaired) electrons. The van der Waals surface area contributed by atoms with Crippen LogP contribution in [0.4, 0.5) is 11.5 Å². The highest BCUT2D eigenvalue weighted by molar-refractivity contribution is 6.33. The van der Waals surface area contributed by atoms with Gasteiger partial charge in [0.2, 0.25) is 0 Å². The Hall–Kier alpha value is -2.07. The topological polar surface area (TPSA) is 59.2 Å². The number of aromatic nitrogens is 1. The molecule has 0 atom stereocenters. The number of fused-ring (bicyclic) bond motifs is 1. The molecule has 19 heavy (non-hydrogen) atoms. The summed E-state index contributed by atoms with van der Waals surface area (Å²) in [5.41, 5.74) is 8.15. The van der Waals surface area contributed by atoms with Crippen molar-refractivity contribution in [3.63, 3.8) is 0 Å². The second kappa shape index (κ2) is 4.55. The molecule has 0 saturated carbocycles. The van der Waals surface area contributed by atoms with Gasteiger partial charge in [-0.15, -0.1) is 0 Å². The van der Waals surface area contributed by atoms with Crippen molar-refractivity contribution < 1.29 is 4.79 Å². The van der Waals surface area contributed by atoms with Crippen LogP contribution in [0.5, 0.6) is 0 Å². The molecule has 0 fully saturated rings. The number of halogens is 1.